The molecular formula is C11H8Cl3N. The molecule has 0 aromatic carbocycles. The summed E-state index contributed by atoms with van der Waals surface area (Å²) in [5.74, 6) is 0.716. The van der Waals surface area contributed by atoms with E-state index in [4.69, 9.17) is 34.8 Å². The number of aromatic nitrogens is 1. The molecule has 0 saturated heterocycles. The SMILES string of the molecule is Cl[C@@H]1[C@H]2c3cccnc3[C@@H]3CC(Cl)(Cl)[C@]123. The van der Waals surface area contributed by atoms with Crippen LogP contribution in [0.2, 0.25) is 0 Å². The average molecular weight is 261 g/mol. The molecule has 4 rings (SSSR count). The molecule has 1 spiro atoms. The summed E-state index contributed by atoms with van der Waals surface area (Å²) in [7, 11) is 0. The summed E-state index contributed by atoms with van der Waals surface area (Å²) < 4.78 is -0.643. The fraction of sp³-hybridized carbons (Fsp3) is 0.545. The first-order valence-corrected chi connectivity index (χ1v) is 6.26. The lowest BCUT2D eigenvalue weighted by atomic mass is 9.69. The molecule has 1 aromatic heterocycles. The first-order chi connectivity index (χ1) is 7.11. The van der Waals surface area contributed by atoms with Crippen LogP contribution in [0.4, 0.5) is 0 Å². The summed E-state index contributed by atoms with van der Waals surface area (Å²) in [6.45, 7) is 0. The second kappa shape index (κ2) is 2.32. The number of nitrogens with zero attached hydrogens (tertiary/aromatic N) is 1. The van der Waals surface area contributed by atoms with Crippen LogP contribution in [-0.2, 0) is 0 Å². The lowest BCUT2D eigenvalue weighted by Crippen LogP contribution is -2.47. The molecule has 2 saturated carbocycles. The van der Waals surface area contributed by atoms with Crippen molar-refractivity contribution < 1.29 is 0 Å². The van der Waals surface area contributed by atoms with Crippen LogP contribution >= 0.6 is 34.8 Å². The first kappa shape index (κ1) is 9.09. The Bertz CT molecular complexity index is 469. The summed E-state index contributed by atoms with van der Waals surface area (Å²) in [6.07, 6.45) is 2.63. The highest BCUT2D eigenvalue weighted by Crippen LogP contribution is 2.88. The van der Waals surface area contributed by atoms with Crippen LogP contribution in [-0.4, -0.2) is 14.7 Å². The van der Waals surface area contributed by atoms with E-state index in [0.29, 0.717) is 11.8 Å². The normalized spacial score (nSPS) is 47.5. The van der Waals surface area contributed by atoms with E-state index in [2.05, 4.69) is 11.1 Å². The maximum absolute atomic E-state index is 6.36. The smallest absolute Gasteiger partial charge is 0.127 e. The fourth-order valence-electron chi connectivity index (χ4n) is 3.65. The van der Waals surface area contributed by atoms with Crippen molar-refractivity contribution in [2.75, 3.05) is 0 Å². The Morgan fingerprint density at radius 2 is 2.20 bits per heavy atom. The van der Waals surface area contributed by atoms with Crippen LogP contribution in [0.3, 0.4) is 0 Å². The molecule has 0 N–H and O–H groups in total. The quantitative estimate of drug-likeness (QED) is 0.651. The highest BCUT2D eigenvalue weighted by molar-refractivity contribution is 6.51. The lowest BCUT2D eigenvalue weighted by Gasteiger charge is -2.47. The van der Waals surface area contributed by atoms with Crippen molar-refractivity contribution in [2.45, 2.75) is 28.0 Å². The number of rotatable bonds is 0. The second-order valence-electron chi connectivity index (χ2n) is 4.75. The molecule has 1 aromatic rings. The number of fused-ring (bicyclic) bond motifs is 3. The van der Waals surface area contributed by atoms with Gasteiger partial charge in [-0.25, -0.2) is 0 Å². The zero-order chi connectivity index (χ0) is 10.4. The van der Waals surface area contributed by atoms with Crippen LogP contribution in [0.25, 0.3) is 0 Å². The molecular weight excluding hydrogens is 252 g/mol. The van der Waals surface area contributed by atoms with E-state index in [1.54, 1.807) is 0 Å². The van der Waals surface area contributed by atoms with Gasteiger partial charge < -0.3 is 0 Å². The summed E-state index contributed by atoms with van der Waals surface area (Å²) in [4.78, 5) is 4.44. The van der Waals surface area contributed by atoms with Crippen LogP contribution in [0.1, 0.15) is 29.5 Å². The van der Waals surface area contributed by atoms with Crippen molar-refractivity contribution >= 4 is 34.8 Å². The highest BCUT2D eigenvalue weighted by atomic mass is 35.5. The average Bonchev–Trinajstić information content (AvgIpc) is 2.76. The second-order valence-corrected chi connectivity index (χ2v) is 6.71. The van der Waals surface area contributed by atoms with Gasteiger partial charge in [0.1, 0.15) is 4.33 Å². The maximum Gasteiger partial charge on any atom is 0.127 e. The Morgan fingerprint density at radius 1 is 1.40 bits per heavy atom. The highest BCUT2D eigenvalue weighted by Gasteiger charge is 2.86. The van der Waals surface area contributed by atoms with Crippen LogP contribution in [0.5, 0.6) is 0 Å². The molecule has 0 unspecified atom stereocenters. The van der Waals surface area contributed by atoms with Gasteiger partial charge in [0.05, 0.1) is 5.38 Å². The van der Waals surface area contributed by atoms with E-state index in [0.717, 1.165) is 6.42 Å². The molecule has 4 heteroatoms. The van der Waals surface area contributed by atoms with Gasteiger partial charge in [0, 0.05) is 29.1 Å². The number of alkyl halides is 3. The Balaban J connectivity index is 1.94. The van der Waals surface area contributed by atoms with Gasteiger partial charge in [-0.3, -0.25) is 4.98 Å². The molecule has 0 aliphatic heterocycles. The fourth-order valence-corrected chi connectivity index (χ4v) is 5.55. The van der Waals surface area contributed by atoms with Crippen molar-refractivity contribution in [2.24, 2.45) is 5.41 Å². The number of hydrogen-bond acceptors (Lipinski definition) is 1. The van der Waals surface area contributed by atoms with Gasteiger partial charge in [-0.05, 0) is 18.1 Å². The van der Waals surface area contributed by atoms with Gasteiger partial charge in [0.15, 0.2) is 0 Å². The van der Waals surface area contributed by atoms with E-state index in [9.17, 15) is 0 Å². The van der Waals surface area contributed by atoms with Crippen molar-refractivity contribution in [3.8, 4) is 0 Å². The van der Waals surface area contributed by atoms with E-state index >= 15 is 0 Å². The minimum atomic E-state index is -0.643. The molecule has 0 bridgehead atoms. The van der Waals surface area contributed by atoms with Gasteiger partial charge in [0.25, 0.3) is 0 Å². The summed E-state index contributed by atoms with van der Waals surface area (Å²) in [5.41, 5.74) is 2.34. The Hall–Kier alpha value is 0.0200. The van der Waals surface area contributed by atoms with Crippen LogP contribution in [0.15, 0.2) is 18.3 Å². The molecule has 3 aliphatic rings. The molecule has 78 valence electrons. The number of halogens is 3. The van der Waals surface area contributed by atoms with Crippen LogP contribution in [0, 0.1) is 5.41 Å². The number of hydrogen-bond donors (Lipinski definition) is 0. The summed E-state index contributed by atoms with van der Waals surface area (Å²) >= 11 is 19.0. The van der Waals surface area contributed by atoms with Gasteiger partial charge in [0.2, 0.25) is 0 Å². The largest absolute Gasteiger partial charge is 0.261 e. The van der Waals surface area contributed by atoms with E-state index in [1.165, 1.54) is 11.3 Å². The molecule has 15 heavy (non-hydrogen) atoms. The number of pyridine rings is 1. The zero-order valence-corrected chi connectivity index (χ0v) is 10.0. The van der Waals surface area contributed by atoms with Gasteiger partial charge in [-0.2, -0.15) is 0 Å². The Morgan fingerprint density at radius 3 is 2.93 bits per heavy atom. The van der Waals surface area contributed by atoms with Crippen molar-refractivity contribution in [3.05, 3.63) is 29.6 Å². The standard InChI is InChI=1S/C11H8Cl3N/c12-9-7-5-2-1-3-15-8(5)6-4-10(13,14)11(6,7)9/h1-3,6-7,9H,4H2/t6-,7+,9+,11-/m0/s1. The van der Waals surface area contributed by atoms with E-state index < -0.39 is 4.33 Å². The molecule has 1 nitrogen and oxygen atoms in total. The predicted molar refractivity (Wildman–Crippen MR) is 60.8 cm³/mol. The Labute approximate surface area is 103 Å². The monoisotopic (exact) mass is 259 g/mol. The Kier molecular flexibility index (Phi) is 1.41. The molecule has 4 atom stereocenters. The molecule has 0 radical (unpaired) electrons. The third kappa shape index (κ3) is 0.721. The summed E-state index contributed by atoms with van der Waals surface area (Å²) in [6, 6.07) is 4.07. The van der Waals surface area contributed by atoms with Gasteiger partial charge >= 0.3 is 0 Å². The van der Waals surface area contributed by atoms with Crippen molar-refractivity contribution in [3.63, 3.8) is 0 Å². The minimum absolute atomic E-state index is 0.1000. The molecule has 3 aliphatic carbocycles. The van der Waals surface area contributed by atoms with E-state index in [-0.39, 0.29) is 10.8 Å². The van der Waals surface area contributed by atoms with Gasteiger partial charge in [-0.1, -0.05) is 6.07 Å². The predicted octanol–water partition coefficient (Wildman–Crippen LogP) is 3.45. The molecule has 1 heterocycles. The topological polar surface area (TPSA) is 12.9 Å². The molecule has 0 amide bonds. The molecule has 2 fully saturated rings. The van der Waals surface area contributed by atoms with Crippen LogP contribution < -0.4 is 0 Å². The van der Waals surface area contributed by atoms with Crippen molar-refractivity contribution in [1.82, 2.24) is 4.98 Å². The minimum Gasteiger partial charge on any atom is -0.261 e. The maximum atomic E-state index is 6.36. The van der Waals surface area contributed by atoms with E-state index in [1.807, 2.05) is 12.3 Å². The van der Waals surface area contributed by atoms with Gasteiger partial charge in [-0.15, -0.1) is 34.8 Å². The third-order valence-corrected chi connectivity index (χ3v) is 5.94. The first-order valence-electron chi connectivity index (χ1n) is 5.07. The third-order valence-electron chi connectivity index (χ3n) is 4.36. The zero-order valence-electron chi connectivity index (χ0n) is 7.75. The summed E-state index contributed by atoms with van der Waals surface area (Å²) in [5, 5.41) is 0.1000. The van der Waals surface area contributed by atoms with Crippen molar-refractivity contribution in [1.29, 1.82) is 0 Å². The lowest BCUT2D eigenvalue weighted by molar-refractivity contribution is 0.209.